The number of methoxy groups -OCH3 is 2. The van der Waals surface area contributed by atoms with E-state index >= 15 is 0 Å². The van der Waals surface area contributed by atoms with Crippen LogP contribution in [-0.2, 0) is 19.0 Å². The lowest BCUT2D eigenvalue weighted by Gasteiger charge is -2.44. The molecule has 1 fully saturated rings. The van der Waals surface area contributed by atoms with Crippen molar-refractivity contribution in [2.75, 3.05) is 34.4 Å². The van der Waals surface area contributed by atoms with Crippen LogP contribution in [-0.4, -0.2) is 62.4 Å². The van der Waals surface area contributed by atoms with E-state index in [4.69, 9.17) is 14.6 Å². The maximum Gasteiger partial charge on any atom is 0.256 e. The van der Waals surface area contributed by atoms with Gasteiger partial charge in [0.25, 0.3) is 5.91 Å². The molecule has 6 nitrogen and oxygen atoms in total. The fourth-order valence-corrected chi connectivity index (χ4v) is 1.39. The summed E-state index contributed by atoms with van der Waals surface area (Å²) >= 11 is 0. The van der Waals surface area contributed by atoms with Crippen molar-refractivity contribution in [2.24, 2.45) is 0 Å². The quantitative estimate of drug-likeness (QED) is 0.435. The molecule has 0 bridgehead atoms. The number of ether oxygens (including phenoxy) is 3. The molecule has 1 rings (SSSR count). The number of hydrogen-bond donors (Lipinski definition) is 1. The molecule has 0 aromatic rings. The van der Waals surface area contributed by atoms with Crippen molar-refractivity contribution in [3.05, 3.63) is 0 Å². The Morgan fingerprint density at radius 2 is 2.14 bits per heavy atom. The maximum atomic E-state index is 11.4. The van der Waals surface area contributed by atoms with E-state index in [0.29, 0.717) is 0 Å². The third kappa shape index (κ3) is 2.03. The number of nitrogens with zero attached hydrogens (tertiary/aromatic N) is 1. The van der Waals surface area contributed by atoms with Crippen LogP contribution in [0.3, 0.4) is 0 Å². The molecular formula is C8H15NO5. The predicted octanol–water partition coefficient (Wildman–Crippen LogP) is -1.22. The maximum absolute atomic E-state index is 11.4. The largest absolute Gasteiger partial charge is 0.394 e. The van der Waals surface area contributed by atoms with Crippen molar-refractivity contribution >= 4 is 5.91 Å². The molecule has 0 aromatic carbocycles. The second-order valence-corrected chi connectivity index (χ2v) is 2.97. The van der Waals surface area contributed by atoms with Gasteiger partial charge in [0.05, 0.1) is 12.6 Å². The fraction of sp³-hybridized carbons (Fsp3) is 0.875. The lowest BCUT2D eigenvalue weighted by Crippen LogP contribution is -2.67. The summed E-state index contributed by atoms with van der Waals surface area (Å²) in [6.07, 6.45) is -0.602. The molecule has 0 aliphatic carbocycles. The number of carbonyl (C=O) groups excluding carboxylic acids is 1. The predicted molar refractivity (Wildman–Crippen MR) is 46.3 cm³/mol. The molecule has 0 spiro atoms. The normalized spacial score (nSPS) is 26.5. The average Bonchev–Trinajstić information content (AvgIpc) is 2.20. The van der Waals surface area contributed by atoms with Crippen LogP contribution in [0.1, 0.15) is 0 Å². The van der Waals surface area contributed by atoms with Gasteiger partial charge in [0.15, 0.2) is 6.10 Å². The van der Waals surface area contributed by atoms with Gasteiger partial charge in [-0.1, -0.05) is 0 Å². The highest BCUT2D eigenvalue weighted by atomic mass is 16.7. The topological polar surface area (TPSA) is 68.2 Å². The third-order valence-corrected chi connectivity index (χ3v) is 2.10. The molecule has 1 heterocycles. The van der Waals surface area contributed by atoms with E-state index in [0.717, 1.165) is 0 Å². The first-order chi connectivity index (χ1) is 6.76. The minimum atomic E-state index is -0.602. The van der Waals surface area contributed by atoms with Crippen molar-refractivity contribution in [1.29, 1.82) is 0 Å². The van der Waals surface area contributed by atoms with E-state index in [1.807, 2.05) is 0 Å². The summed E-state index contributed by atoms with van der Waals surface area (Å²) in [4.78, 5) is 12.8. The molecule has 0 aromatic heterocycles. The van der Waals surface area contributed by atoms with Gasteiger partial charge in [-0.15, -0.1) is 0 Å². The van der Waals surface area contributed by atoms with Crippen LogP contribution in [0.2, 0.25) is 0 Å². The number of likely N-dealkylation sites (tertiary alicyclic amines) is 1. The fourth-order valence-electron chi connectivity index (χ4n) is 1.39. The van der Waals surface area contributed by atoms with Crippen molar-refractivity contribution in [3.63, 3.8) is 0 Å². The zero-order chi connectivity index (χ0) is 10.6. The molecule has 1 amide bonds. The second-order valence-electron chi connectivity index (χ2n) is 2.97. The number of rotatable bonds is 6. The van der Waals surface area contributed by atoms with Crippen LogP contribution in [0.4, 0.5) is 0 Å². The van der Waals surface area contributed by atoms with Gasteiger partial charge in [-0.2, -0.15) is 0 Å². The molecule has 2 atom stereocenters. The Balaban J connectivity index is 2.42. The van der Waals surface area contributed by atoms with Crippen LogP contribution in [0, 0.1) is 0 Å². The molecule has 1 saturated heterocycles. The highest BCUT2D eigenvalue weighted by Gasteiger charge is 2.47. The Hall–Kier alpha value is -0.690. The molecule has 1 aliphatic heterocycles. The molecule has 0 radical (unpaired) electrons. The summed E-state index contributed by atoms with van der Waals surface area (Å²) in [6.45, 7) is 0.0914. The Morgan fingerprint density at radius 3 is 2.64 bits per heavy atom. The van der Waals surface area contributed by atoms with Gasteiger partial charge in [-0.3, -0.25) is 4.79 Å². The Bertz CT molecular complexity index is 198. The SMILES string of the molecule is COCO[C@H]1C(=O)N(COC)[C@H]1CO. The minimum Gasteiger partial charge on any atom is -0.394 e. The van der Waals surface area contributed by atoms with E-state index < -0.39 is 6.10 Å². The average molecular weight is 205 g/mol. The number of hydrogen-bond acceptors (Lipinski definition) is 5. The molecular weight excluding hydrogens is 190 g/mol. The van der Waals surface area contributed by atoms with Crippen LogP contribution in [0.15, 0.2) is 0 Å². The summed E-state index contributed by atoms with van der Waals surface area (Å²) < 4.78 is 14.6. The lowest BCUT2D eigenvalue weighted by molar-refractivity contribution is -0.200. The summed E-state index contributed by atoms with van der Waals surface area (Å²) in [7, 11) is 2.97. The first-order valence-corrected chi connectivity index (χ1v) is 4.27. The zero-order valence-electron chi connectivity index (χ0n) is 8.30. The third-order valence-electron chi connectivity index (χ3n) is 2.10. The zero-order valence-corrected chi connectivity index (χ0v) is 8.30. The molecule has 1 aliphatic rings. The van der Waals surface area contributed by atoms with Gasteiger partial charge in [0, 0.05) is 14.2 Å². The van der Waals surface area contributed by atoms with Crippen molar-refractivity contribution in [2.45, 2.75) is 12.1 Å². The van der Waals surface area contributed by atoms with Crippen LogP contribution in [0.5, 0.6) is 0 Å². The van der Waals surface area contributed by atoms with Crippen molar-refractivity contribution in [3.8, 4) is 0 Å². The molecule has 0 unspecified atom stereocenters. The van der Waals surface area contributed by atoms with Crippen LogP contribution in [0.25, 0.3) is 0 Å². The van der Waals surface area contributed by atoms with Gasteiger partial charge >= 0.3 is 0 Å². The minimum absolute atomic E-state index is 0.0493. The highest BCUT2D eigenvalue weighted by Crippen LogP contribution is 2.22. The highest BCUT2D eigenvalue weighted by molar-refractivity contribution is 5.88. The molecule has 14 heavy (non-hydrogen) atoms. The number of amides is 1. The monoisotopic (exact) mass is 205 g/mol. The Kier molecular flexibility index (Phi) is 4.27. The van der Waals surface area contributed by atoms with E-state index in [2.05, 4.69) is 4.74 Å². The van der Waals surface area contributed by atoms with Crippen molar-refractivity contribution in [1.82, 2.24) is 4.90 Å². The van der Waals surface area contributed by atoms with Crippen molar-refractivity contribution < 1.29 is 24.1 Å². The summed E-state index contributed by atoms with van der Waals surface area (Å²) in [5.74, 6) is -0.178. The molecule has 0 saturated carbocycles. The summed E-state index contributed by atoms with van der Waals surface area (Å²) in [5.41, 5.74) is 0. The standard InChI is InChI=1S/C8H15NO5/c1-12-4-9-6(3-10)7(8(9)11)14-5-13-2/h6-7,10H,3-5H2,1-2H3/t6-,7+/m0/s1. The molecule has 1 N–H and O–H groups in total. The van der Waals surface area contributed by atoms with Crippen LogP contribution >= 0.6 is 0 Å². The van der Waals surface area contributed by atoms with Gasteiger partial charge in [-0.25, -0.2) is 0 Å². The number of aliphatic hydroxyl groups excluding tert-OH is 1. The number of aliphatic hydroxyl groups is 1. The summed E-state index contributed by atoms with van der Waals surface area (Å²) in [5, 5.41) is 9.00. The summed E-state index contributed by atoms with van der Waals surface area (Å²) in [6, 6.07) is -0.322. The number of carbonyl (C=O) groups is 1. The van der Waals surface area contributed by atoms with E-state index in [9.17, 15) is 4.79 Å². The Morgan fingerprint density at radius 1 is 1.43 bits per heavy atom. The molecule has 6 heteroatoms. The van der Waals surface area contributed by atoms with Gasteiger partial charge in [0.1, 0.15) is 13.5 Å². The first kappa shape index (κ1) is 11.4. The molecule has 82 valence electrons. The van der Waals surface area contributed by atoms with E-state index in [-0.39, 0.29) is 32.1 Å². The first-order valence-electron chi connectivity index (χ1n) is 4.27. The van der Waals surface area contributed by atoms with E-state index in [1.165, 1.54) is 19.1 Å². The van der Waals surface area contributed by atoms with Gasteiger partial charge < -0.3 is 24.2 Å². The van der Waals surface area contributed by atoms with Gasteiger partial charge in [0.2, 0.25) is 0 Å². The lowest BCUT2D eigenvalue weighted by atomic mass is 10.00. The smallest absolute Gasteiger partial charge is 0.256 e. The van der Waals surface area contributed by atoms with Gasteiger partial charge in [-0.05, 0) is 0 Å². The van der Waals surface area contributed by atoms with Crippen LogP contribution < -0.4 is 0 Å². The number of β-lactam (4-membered cyclic amide) rings is 1. The Labute approximate surface area is 82.3 Å². The van der Waals surface area contributed by atoms with E-state index in [1.54, 1.807) is 0 Å². The second kappa shape index (κ2) is 5.26.